The van der Waals surface area contributed by atoms with Crippen LogP contribution in [0.25, 0.3) is 0 Å². The number of rotatable bonds is 5. The van der Waals surface area contributed by atoms with Crippen LogP contribution < -0.4 is 5.32 Å². The van der Waals surface area contributed by atoms with Crippen molar-refractivity contribution >= 4 is 5.91 Å². The first-order valence-corrected chi connectivity index (χ1v) is 8.33. The highest BCUT2D eigenvalue weighted by atomic mass is 16.5. The fraction of sp³-hybridized carbons (Fsp3) is 0.938. The summed E-state index contributed by atoms with van der Waals surface area (Å²) in [5.41, 5.74) is 0. The molecule has 0 aromatic rings. The normalized spacial score (nSPS) is 38.2. The molecule has 0 aromatic carbocycles. The SMILES string of the molecule is CCCC1NC(C(C)C)N(C2CCOC2C2CC2)C1=O. The molecule has 2 saturated heterocycles. The lowest BCUT2D eigenvalue weighted by atomic mass is 10.0. The van der Waals surface area contributed by atoms with Gasteiger partial charge in [-0.25, -0.2) is 0 Å². The van der Waals surface area contributed by atoms with Gasteiger partial charge in [0.1, 0.15) is 0 Å². The summed E-state index contributed by atoms with van der Waals surface area (Å²) in [4.78, 5) is 14.9. The van der Waals surface area contributed by atoms with Gasteiger partial charge < -0.3 is 9.64 Å². The second kappa shape index (κ2) is 5.64. The van der Waals surface area contributed by atoms with E-state index in [0.29, 0.717) is 29.9 Å². The molecule has 0 radical (unpaired) electrons. The number of hydrogen-bond donors (Lipinski definition) is 1. The summed E-state index contributed by atoms with van der Waals surface area (Å²) in [5, 5.41) is 3.57. The van der Waals surface area contributed by atoms with Gasteiger partial charge in [-0.1, -0.05) is 27.2 Å². The van der Waals surface area contributed by atoms with Crippen molar-refractivity contribution in [1.82, 2.24) is 10.2 Å². The molecule has 4 unspecified atom stereocenters. The average Bonchev–Trinajstić information content (AvgIpc) is 3.06. The summed E-state index contributed by atoms with van der Waals surface area (Å²) in [6.07, 6.45) is 6.05. The topological polar surface area (TPSA) is 41.6 Å². The zero-order valence-corrected chi connectivity index (χ0v) is 13.0. The molecule has 1 amide bonds. The van der Waals surface area contributed by atoms with Crippen LogP contribution in [0.3, 0.4) is 0 Å². The quantitative estimate of drug-likeness (QED) is 0.839. The van der Waals surface area contributed by atoms with Crippen LogP contribution in [0.1, 0.15) is 52.9 Å². The molecule has 3 aliphatic rings. The second-order valence-corrected chi connectivity index (χ2v) is 6.97. The van der Waals surface area contributed by atoms with Gasteiger partial charge in [-0.3, -0.25) is 10.1 Å². The molecule has 20 heavy (non-hydrogen) atoms. The van der Waals surface area contributed by atoms with Crippen molar-refractivity contribution in [2.24, 2.45) is 11.8 Å². The van der Waals surface area contributed by atoms with E-state index < -0.39 is 0 Å². The lowest BCUT2D eigenvalue weighted by molar-refractivity contribution is -0.134. The van der Waals surface area contributed by atoms with Crippen LogP contribution in [0.15, 0.2) is 0 Å². The van der Waals surface area contributed by atoms with Crippen molar-refractivity contribution in [3.8, 4) is 0 Å². The van der Waals surface area contributed by atoms with Crippen molar-refractivity contribution in [3.05, 3.63) is 0 Å². The highest BCUT2D eigenvalue weighted by Crippen LogP contribution is 2.42. The van der Waals surface area contributed by atoms with Gasteiger partial charge in [0.2, 0.25) is 5.91 Å². The molecule has 1 N–H and O–H groups in total. The van der Waals surface area contributed by atoms with Crippen molar-refractivity contribution in [2.45, 2.75) is 77.2 Å². The van der Waals surface area contributed by atoms with Crippen LogP contribution in [0.2, 0.25) is 0 Å². The summed E-state index contributed by atoms with van der Waals surface area (Å²) >= 11 is 0. The van der Waals surface area contributed by atoms with E-state index in [1.165, 1.54) is 12.8 Å². The third-order valence-electron chi connectivity index (χ3n) is 4.98. The zero-order valence-electron chi connectivity index (χ0n) is 13.0. The molecular formula is C16H28N2O2. The van der Waals surface area contributed by atoms with Gasteiger partial charge in [-0.15, -0.1) is 0 Å². The Bertz CT molecular complexity index is 367. The fourth-order valence-corrected chi connectivity index (χ4v) is 3.83. The smallest absolute Gasteiger partial charge is 0.241 e. The molecule has 3 fully saturated rings. The highest BCUT2D eigenvalue weighted by Gasteiger charge is 2.50. The maximum Gasteiger partial charge on any atom is 0.241 e. The molecule has 4 atom stereocenters. The Hall–Kier alpha value is -0.610. The molecule has 4 nitrogen and oxygen atoms in total. The number of carbonyl (C=O) groups is 1. The van der Waals surface area contributed by atoms with E-state index >= 15 is 0 Å². The van der Waals surface area contributed by atoms with Crippen LogP contribution in [-0.2, 0) is 9.53 Å². The number of carbonyl (C=O) groups excluding carboxylic acids is 1. The molecule has 114 valence electrons. The van der Waals surface area contributed by atoms with Gasteiger partial charge in [-0.2, -0.15) is 0 Å². The van der Waals surface area contributed by atoms with Crippen molar-refractivity contribution < 1.29 is 9.53 Å². The van der Waals surface area contributed by atoms with Gasteiger partial charge in [0.05, 0.1) is 24.4 Å². The standard InChI is InChI=1S/C16H28N2O2/c1-4-5-12-16(19)18(15(17-12)10(2)3)13-8-9-20-14(13)11-6-7-11/h10-15,17H,4-9H2,1-3H3. The molecule has 0 spiro atoms. The highest BCUT2D eigenvalue weighted by molar-refractivity contribution is 5.84. The van der Waals surface area contributed by atoms with Crippen molar-refractivity contribution in [1.29, 1.82) is 0 Å². The predicted octanol–water partition coefficient (Wildman–Crippen LogP) is 2.14. The van der Waals surface area contributed by atoms with E-state index in [1.807, 2.05) is 0 Å². The van der Waals surface area contributed by atoms with Gasteiger partial charge in [0, 0.05) is 6.61 Å². The predicted molar refractivity (Wildman–Crippen MR) is 78.2 cm³/mol. The Morgan fingerprint density at radius 2 is 2.10 bits per heavy atom. The first kappa shape index (κ1) is 14.3. The molecule has 1 aliphatic carbocycles. The number of nitrogens with zero attached hydrogens (tertiary/aromatic N) is 1. The largest absolute Gasteiger partial charge is 0.376 e. The number of ether oxygens (including phenoxy) is 1. The number of hydrogen-bond acceptors (Lipinski definition) is 3. The van der Waals surface area contributed by atoms with Gasteiger partial charge in [-0.05, 0) is 37.5 Å². The number of nitrogens with one attached hydrogen (secondary N) is 1. The third-order valence-corrected chi connectivity index (χ3v) is 4.98. The summed E-state index contributed by atoms with van der Waals surface area (Å²) < 4.78 is 5.95. The summed E-state index contributed by atoms with van der Waals surface area (Å²) in [7, 11) is 0. The van der Waals surface area contributed by atoms with E-state index in [9.17, 15) is 4.79 Å². The lowest BCUT2D eigenvalue weighted by Crippen LogP contribution is -2.50. The molecule has 0 aromatic heterocycles. The molecule has 2 aliphatic heterocycles. The van der Waals surface area contributed by atoms with E-state index in [-0.39, 0.29) is 12.2 Å². The molecular weight excluding hydrogens is 252 g/mol. The Morgan fingerprint density at radius 3 is 2.70 bits per heavy atom. The number of amides is 1. The van der Waals surface area contributed by atoms with Crippen LogP contribution in [0.4, 0.5) is 0 Å². The molecule has 0 bridgehead atoms. The summed E-state index contributed by atoms with van der Waals surface area (Å²) in [5.74, 6) is 1.46. The summed E-state index contributed by atoms with van der Waals surface area (Å²) in [6, 6.07) is 0.324. The van der Waals surface area contributed by atoms with E-state index in [4.69, 9.17) is 4.74 Å². The van der Waals surface area contributed by atoms with Gasteiger partial charge in [0.15, 0.2) is 0 Å². The molecule has 2 heterocycles. The van der Waals surface area contributed by atoms with Crippen LogP contribution >= 0.6 is 0 Å². The minimum atomic E-state index is 0.0212. The van der Waals surface area contributed by atoms with E-state index in [0.717, 1.165) is 25.9 Å². The van der Waals surface area contributed by atoms with Crippen LogP contribution in [-0.4, -0.2) is 41.8 Å². The Kier molecular flexibility index (Phi) is 4.04. The zero-order chi connectivity index (χ0) is 14.3. The van der Waals surface area contributed by atoms with Crippen LogP contribution in [0.5, 0.6) is 0 Å². The first-order valence-electron chi connectivity index (χ1n) is 8.33. The maximum absolute atomic E-state index is 12.8. The molecule has 4 heteroatoms. The Labute approximate surface area is 122 Å². The average molecular weight is 280 g/mol. The Morgan fingerprint density at radius 1 is 1.35 bits per heavy atom. The monoisotopic (exact) mass is 280 g/mol. The van der Waals surface area contributed by atoms with Crippen LogP contribution in [0, 0.1) is 11.8 Å². The second-order valence-electron chi connectivity index (χ2n) is 6.97. The van der Waals surface area contributed by atoms with Gasteiger partial charge >= 0.3 is 0 Å². The van der Waals surface area contributed by atoms with E-state index in [2.05, 4.69) is 31.0 Å². The van der Waals surface area contributed by atoms with Gasteiger partial charge in [0.25, 0.3) is 0 Å². The maximum atomic E-state index is 12.8. The van der Waals surface area contributed by atoms with Crippen molar-refractivity contribution in [3.63, 3.8) is 0 Å². The minimum absolute atomic E-state index is 0.0212. The molecule has 3 rings (SSSR count). The lowest BCUT2D eigenvalue weighted by Gasteiger charge is -2.35. The van der Waals surface area contributed by atoms with E-state index in [1.54, 1.807) is 0 Å². The van der Waals surface area contributed by atoms with Crippen molar-refractivity contribution in [2.75, 3.05) is 6.61 Å². The first-order chi connectivity index (χ1) is 9.63. The third kappa shape index (κ3) is 2.48. The molecule has 1 saturated carbocycles. The Balaban J connectivity index is 1.78. The minimum Gasteiger partial charge on any atom is -0.376 e. The fourth-order valence-electron chi connectivity index (χ4n) is 3.83. The summed E-state index contributed by atoms with van der Waals surface area (Å²) in [6.45, 7) is 7.37.